The smallest absolute Gasteiger partial charge is 0.247 e. The highest BCUT2D eigenvalue weighted by Gasteiger charge is 2.30. The Kier molecular flexibility index (Phi) is 4.81. The molecule has 32 heavy (non-hydrogen) atoms. The lowest BCUT2D eigenvalue weighted by Crippen LogP contribution is -2.45. The van der Waals surface area contributed by atoms with Gasteiger partial charge in [-0.2, -0.15) is 10.4 Å². The molecule has 0 spiro atoms. The van der Waals surface area contributed by atoms with Gasteiger partial charge in [0.15, 0.2) is 0 Å². The first kappa shape index (κ1) is 19.7. The standard InChI is InChI=1S/C24H18FN5O2/c25-16-9-10-17-19(28-30(22(17)11-16)20-6-2-1-5-15(20)12-26)13-29-21-7-3-4-8-23(21)32-14-18(27)24(29)31/h1-11,18H,13-14,27H2. The summed E-state index contributed by atoms with van der Waals surface area (Å²) in [5.41, 5.74) is 8.61. The van der Waals surface area contributed by atoms with Crippen LogP contribution in [-0.4, -0.2) is 28.3 Å². The van der Waals surface area contributed by atoms with Crippen LogP contribution >= 0.6 is 0 Å². The van der Waals surface area contributed by atoms with Crippen LogP contribution in [0.3, 0.4) is 0 Å². The highest BCUT2D eigenvalue weighted by molar-refractivity contribution is 5.99. The molecule has 8 heteroatoms. The van der Waals surface area contributed by atoms with Crippen molar-refractivity contribution in [2.75, 3.05) is 11.5 Å². The van der Waals surface area contributed by atoms with Gasteiger partial charge in [0.1, 0.15) is 30.3 Å². The van der Waals surface area contributed by atoms with Crippen molar-refractivity contribution in [3.8, 4) is 17.5 Å². The summed E-state index contributed by atoms with van der Waals surface area (Å²) < 4.78 is 21.4. The molecule has 1 unspecified atom stereocenters. The molecule has 0 bridgehead atoms. The van der Waals surface area contributed by atoms with Crippen molar-refractivity contribution in [1.82, 2.24) is 9.78 Å². The normalized spacial score (nSPS) is 15.7. The van der Waals surface area contributed by atoms with Gasteiger partial charge in [-0.1, -0.05) is 24.3 Å². The molecular weight excluding hydrogens is 409 g/mol. The minimum atomic E-state index is -0.826. The van der Waals surface area contributed by atoms with Gasteiger partial charge in [0.05, 0.1) is 34.7 Å². The van der Waals surface area contributed by atoms with Crippen molar-refractivity contribution in [1.29, 1.82) is 5.26 Å². The molecule has 5 rings (SSSR count). The number of para-hydroxylation sites is 3. The van der Waals surface area contributed by atoms with E-state index in [4.69, 9.17) is 10.5 Å². The van der Waals surface area contributed by atoms with Crippen molar-refractivity contribution in [3.05, 3.63) is 83.8 Å². The van der Waals surface area contributed by atoms with Crippen LogP contribution in [0.2, 0.25) is 0 Å². The molecule has 0 aliphatic carbocycles. The van der Waals surface area contributed by atoms with Gasteiger partial charge < -0.3 is 15.4 Å². The number of aromatic nitrogens is 2. The van der Waals surface area contributed by atoms with Gasteiger partial charge in [0.2, 0.25) is 5.91 Å². The fourth-order valence-corrected chi connectivity index (χ4v) is 3.89. The number of nitrogens with two attached hydrogens (primary N) is 1. The molecule has 1 aromatic heterocycles. The van der Waals surface area contributed by atoms with Gasteiger partial charge in [-0.15, -0.1) is 0 Å². The monoisotopic (exact) mass is 427 g/mol. The lowest BCUT2D eigenvalue weighted by atomic mass is 10.1. The number of carbonyl (C=O) groups excluding carboxylic acids is 1. The summed E-state index contributed by atoms with van der Waals surface area (Å²) >= 11 is 0. The molecule has 2 N–H and O–H groups in total. The van der Waals surface area contributed by atoms with Gasteiger partial charge in [-0.25, -0.2) is 9.07 Å². The van der Waals surface area contributed by atoms with Gasteiger partial charge in [-0.05, 0) is 36.4 Å². The predicted octanol–water partition coefficient (Wildman–Crippen LogP) is 3.29. The summed E-state index contributed by atoms with van der Waals surface area (Å²) in [6, 6.07) is 19.8. The summed E-state index contributed by atoms with van der Waals surface area (Å²) in [5, 5.41) is 14.9. The maximum absolute atomic E-state index is 14.1. The second kappa shape index (κ2) is 7.80. The van der Waals surface area contributed by atoms with E-state index in [1.54, 1.807) is 47.4 Å². The number of hydrogen-bond donors (Lipinski definition) is 1. The van der Waals surface area contributed by atoms with Gasteiger partial charge in [0.25, 0.3) is 0 Å². The molecule has 3 aromatic carbocycles. The zero-order chi connectivity index (χ0) is 22.2. The first-order valence-corrected chi connectivity index (χ1v) is 10.0. The molecule has 0 fully saturated rings. The largest absolute Gasteiger partial charge is 0.489 e. The van der Waals surface area contributed by atoms with Crippen molar-refractivity contribution in [2.24, 2.45) is 5.73 Å². The second-order valence-corrected chi connectivity index (χ2v) is 7.46. The van der Waals surface area contributed by atoms with Gasteiger partial charge in [-0.3, -0.25) is 4.79 Å². The van der Waals surface area contributed by atoms with Crippen molar-refractivity contribution >= 4 is 22.5 Å². The summed E-state index contributed by atoms with van der Waals surface area (Å²) in [7, 11) is 0. The van der Waals surface area contributed by atoms with E-state index in [2.05, 4.69) is 11.2 Å². The Morgan fingerprint density at radius 3 is 2.69 bits per heavy atom. The average molecular weight is 427 g/mol. The average Bonchev–Trinajstić information content (AvgIpc) is 3.12. The van der Waals surface area contributed by atoms with Crippen LogP contribution in [0.25, 0.3) is 16.6 Å². The van der Waals surface area contributed by atoms with E-state index in [1.807, 2.05) is 12.1 Å². The maximum Gasteiger partial charge on any atom is 0.247 e. The number of carbonyl (C=O) groups is 1. The minimum Gasteiger partial charge on any atom is -0.489 e. The molecular formula is C24H18FN5O2. The molecule has 1 aliphatic heterocycles. The Bertz CT molecular complexity index is 1390. The Hall–Kier alpha value is -4.22. The van der Waals surface area contributed by atoms with Crippen LogP contribution in [-0.2, 0) is 11.3 Å². The lowest BCUT2D eigenvalue weighted by molar-refractivity contribution is -0.120. The topological polar surface area (TPSA) is 97.2 Å². The van der Waals surface area contributed by atoms with Crippen LogP contribution in [0.5, 0.6) is 5.75 Å². The fraction of sp³-hybridized carbons (Fsp3) is 0.125. The Balaban J connectivity index is 1.67. The van der Waals surface area contributed by atoms with E-state index in [0.29, 0.717) is 39.3 Å². The molecule has 158 valence electrons. The molecule has 0 saturated heterocycles. The van der Waals surface area contributed by atoms with E-state index in [1.165, 1.54) is 16.8 Å². The summed E-state index contributed by atoms with van der Waals surface area (Å²) in [4.78, 5) is 14.6. The molecule has 0 radical (unpaired) electrons. The zero-order valence-corrected chi connectivity index (χ0v) is 16.9. The van der Waals surface area contributed by atoms with Crippen LogP contribution in [0.4, 0.5) is 10.1 Å². The van der Waals surface area contributed by atoms with Crippen LogP contribution in [0, 0.1) is 17.1 Å². The lowest BCUT2D eigenvalue weighted by Gasteiger charge is -2.22. The van der Waals surface area contributed by atoms with E-state index in [0.717, 1.165) is 0 Å². The van der Waals surface area contributed by atoms with Gasteiger partial charge in [0, 0.05) is 11.5 Å². The van der Waals surface area contributed by atoms with Crippen molar-refractivity contribution in [3.63, 3.8) is 0 Å². The second-order valence-electron chi connectivity index (χ2n) is 7.46. The quantitative estimate of drug-likeness (QED) is 0.541. The van der Waals surface area contributed by atoms with Gasteiger partial charge >= 0.3 is 0 Å². The Morgan fingerprint density at radius 1 is 1.12 bits per heavy atom. The first-order chi connectivity index (χ1) is 15.6. The molecule has 7 nitrogen and oxygen atoms in total. The number of amides is 1. The molecule has 2 heterocycles. The number of fused-ring (bicyclic) bond motifs is 2. The van der Waals surface area contributed by atoms with Crippen LogP contribution in [0.15, 0.2) is 66.7 Å². The number of halogens is 1. The summed E-state index contributed by atoms with van der Waals surface area (Å²) in [5.74, 6) is -0.165. The summed E-state index contributed by atoms with van der Waals surface area (Å²) in [6.45, 7) is 0.180. The Labute approximate surface area is 183 Å². The first-order valence-electron chi connectivity index (χ1n) is 10.0. The number of nitrogens with zero attached hydrogens (tertiary/aromatic N) is 4. The van der Waals surface area contributed by atoms with Crippen molar-refractivity contribution in [2.45, 2.75) is 12.6 Å². The minimum absolute atomic E-state index is 0.0717. The van der Waals surface area contributed by atoms with E-state index >= 15 is 0 Å². The number of ether oxygens (including phenoxy) is 1. The number of anilines is 1. The van der Waals surface area contributed by atoms with Crippen LogP contribution < -0.4 is 15.4 Å². The van der Waals surface area contributed by atoms with Crippen molar-refractivity contribution < 1.29 is 13.9 Å². The highest BCUT2D eigenvalue weighted by Crippen LogP contribution is 2.33. The SMILES string of the molecule is N#Cc1ccccc1-n1nc(CN2C(=O)C(N)COc3ccccc32)c2ccc(F)cc21. The van der Waals surface area contributed by atoms with E-state index < -0.39 is 11.9 Å². The number of benzene rings is 3. The molecule has 1 aliphatic rings. The highest BCUT2D eigenvalue weighted by atomic mass is 19.1. The molecule has 1 amide bonds. The summed E-state index contributed by atoms with van der Waals surface area (Å²) in [6.07, 6.45) is 0. The maximum atomic E-state index is 14.1. The third-order valence-electron chi connectivity index (χ3n) is 5.44. The Morgan fingerprint density at radius 2 is 1.88 bits per heavy atom. The third kappa shape index (κ3) is 3.25. The molecule has 4 aromatic rings. The zero-order valence-electron chi connectivity index (χ0n) is 16.9. The van der Waals surface area contributed by atoms with Crippen LogP contribution in [0.1, 0.15) is 11.3 Å². The number of rotatable bonds is 3. The van der Waals surface area contributed by atoms with E-state index in [9.17, 15) is 14.4 Å². The molecule has 1 atom stereocenters. The fourth-order valence-electron chi connectivity index (χ4n) is 3.89. The number of hydrogen-bond acceptors (Lipinski definition) is 5. The third-order valence-corrected chi connectivity index (χ3v) is 5.44. The van der Waals surface area contributed by atoms with E-state index in [-0.39, 0.29) is 19.1 Å². The number of nitriles is 1. The predicted molar refractivity (Wildman–Crippen MR) is 117 cm³/mol. The molecule has 0 saturated carbocycles.